The lowest BCUT2D eigenvalue weighted by molar-refractivity contribution is 0.377. The van der Waals surface area contributed by atoms with Crippen molar-refractivity contribution in [2.24, 2.45) is 0 Å². The summed E-state index contributed by atoms with van der Waals surface area (Å²) in [5.41, 5.74) is 0.718. The lowest BCUT2D eigenvalue weighted by atomic mass is 10.2. The number of anilines is 1. The van der Waals surface area contributed by atoms with Gasteiger partial charge < -0.3 is 9.84 Å². The van der Waals surface area contributed by atoms with Gasteiger partial charge in [-0.05, 0) is 37.6 Å². The molecule has 0 fully saturated rings. The molecule has 0 radical (unpaired) electrons. The van der Waals surface area contributed by atoms with Crippen molar-refractivity contribution in [3.05, 3.63) is 53.0 Å². The van der Waals surface area contributed by atoms with Crippen molar-refractivity contribution in [3.63, 3.8) is 0 Å². The predicted molar refractivity (Wildman–Crippen MR) is 88.3 cm³/mol. The smallest absolute Gasteiger partial charge is 0.227 e. The van der Waals surface area contributed by atoms with Gasteiger partial charge in [0.05, 0.1) is 0 Å². The highest BCUT2D eigenvalue weighted by molar-refractivity contribution is 6.29. The number of hydrogen-bond donors (Lipinski definition) is 1. The number of rotatable bonds is 6. The fourth-order valence-corrected chi connectivity index (χ4v) is 2.38. The fourth-order valence-electron chi connectivity index (χ4n) is 2.15. The van der Waals surface area contributed by atoms with Crippen molar-refractivity contribution < 1.29 is 8.91 Å². The lowest BCUT2D eigenvalue weighted by Gasteiger charge is -2.05. The number of aromatic nitrogens is 4. The summed E-state index contributed by atoms with van der Waals surface area (Å²) in [5, 5.41) is 7.49. The Morgan fingerprint density at radius 3 is 2.71 bits per heavy atom. The molecule has 0 atom stereocenters. The molecule has 6 nitrogen and oxygen atoms in total. The molecule has 8 heteroatoms. The highest BCUT2D eigenvalue weighted by Gasteiger charge is 2.08. The number of nitrogens with zero attached hydrogens (tertiary/aromatic N) is 4. The van der Waals surface area contributed by atoms with E-state index >= 15 is 0 Å². The Labute approximate surface area is 143 Å². The molecule has 0 saturated carbocycles. The highest BCUT2D eigenvalue weighted by Crippen LogP contribution is 2.17. The van der Waals surface area contributed by atoms with Gasteiger partial charge in [-0.1, -0.05) is 16.8 Å². The monoisotopic (exact) mass is 347 g/mol. The van der Waals surface area contributed by atoms with Crippen molar-refractivity contribution in [1.29, 1.82) is 0 Å². The Morgan fingerprint density at radius 2 is 1.96 bits per heavy atom. The van der Waals surface area contributed by atoms with Gasteiger partial charge in [-0.15, -0.1) is 0 Å². The van der Waals surface area contributed by atoms with Gasteiger partial charge in [0.1, 0.15) is 22.6 Å². The van der Waals surface area contributed by atoms with Crippen LogP contribution in [0, 0.1) is 12.7 Å². The van der Waals surface area contributed by atoms with Gasteiger partial charge in [0.25, 0.3) is 0 Å². The van der Waals surface area contributed by atoms with Crippen LogP contribution in [0.4, 0.5) is 10.2 Å². The van der Waals surface area contributed by atoms with Crippen LogP contribution >= 0.6 is 11.6 Å². The average molecular weight is 348 g/mol. The van der Waals surface area contributed by atoms with E-state index < -0.39 is 0 Å². The molecule has 24 heavy (non-hydrogen) atoms. The van der Waals surface area contributed by atoms with E-state index in [0.29, 0.717) is 41.5 Å². The summed E-state index contributed by atoms with van der Waals surface area (Å²) in [6.07, 6.45) is 1.41. The highest BCUT2D eigenvalue weighted by atomic mass is 35.5. The standard InChI is InChI=1S/C16H15ClFN5O/c1-10-20-13(17)9-14(21-10)19-8-2-3-15-22-16(23-24-15)11-4-6-12(18)7-5-11/h4-7,9H,2-3,8H2,1H3,(H,19,20,21). The molecule has 0 bridgehead atoms. The maximum Gasteiger partial charge on any atom is 0.227 e. The van der Waals surface area contributed by atoms with Gasteiger partial charge in [-0.3, -0.25) is 0 Å². The first-order chi connectivity index (χ1) is 11.6. The summed E-state index contributed by atoms with van der Waals surface area (Å²) in [4.78, 5) is 12.6. The second kappa shape index (κ2) is 7.35. The molecule has 1 aromatic carbocycles. The summed E-state index contributed by atoms with van der Waals surface area (Å²) in [5.74, 6) is 1.99. The number of benzene rings is 1. The summed E-state index contributed by atoms with van der Waals surface area (Å²) in [6.45, 7) is 2.47. The van der Waals surface area contributed by atoms with Gasteiger partial charge in [0, 0.05) is 24.6 Å². The van der Waals surface area contributed by atoms with E-state index in [1.807, 2.05) is 0 Å². The first kappa shape index (κ1) is 16.3. The van der Waals surface area contributed by atoms with Crippen LogP contribution in [0.1, 0.15) is 18.1 Å². The molecule has 0 aliphatic carbocycles. The van der Waals surface area contributed by atoms with E-state index in [2.05, 4.69) is 25.4 Å². The number of nitrogens with one attached hydrogen (secondary N) is 1. The van der Waals surface area contributed by atoms with Gasteiger partial charge in [0.15, 0.2) is 0 Å². The SMILES string of the molecule is Cc1nc(Cl)cc(NCCCc2nc(-c3ccc(F)cc3)no2)n1. The molecule has 2 heterocycles. The molecular weight excluding hydrogens is 333 g/mol. The Balaban J connectivity index is 1.51. The van der Waals surface area contributed by atoms with Crippen LogP contribution in [0.2, 0.25) is 5.15 Å². The minimum Gasteiger partial charge on any atom is -0.370 e. The third-order valence-electron chi connectivity index (χ3n) is 3.25. The van der Waals surface area contributed by atoms with Crippen molar-refractivity contribution in [3.8, 4) is 11.4 Å². The minimum atomic E-state index is -0.298. The van der Waals surface area contributed by atoms with Gasteiger partial charge >= 0.3 is 0 Å². The second-order valence-corrected chi connectivity index (χ2v) is 5.56. The van der Waals surface area contributed by atoms with Crippen LogP contribution in [-0.4, -0.2) is 26.7 Å². The molecule has 3 rings (SSSR count). The second-order valence-electron chi connectivity index (χ2n) is 5.17. The third-order valence-corrected chi connectivity index (χ3v) is 3.44. The van der Waals surface area contributed by atoms with Crippen LogP contribution in [0.25, 0.3) is 11.4 Å². The van der Waals surface area contributed by atoms with E-state index in [4.69, 9.17) is 16.1 Å². The molecule has 0 saturated heterocycles. The zero-order valence-corrected chi connectivity index (χ0v) is 13.7. The van der Waals surface area contributed by atoms with Gasteiger partial charge in [0.2, 0.25) is 11.7 Å². The first-order valence-corrected chi connectivity index (χ1v) is 7.81. The van der Waals surface area contributed by atoms with E-state index in [1.165, 1.54) is 12.1 Å². The molecule has 2 aromatic heterocycles. The molecular formula is C16H15ClFN5O. The van der Waals surface area contributed by atoms with Crippen molar-refractivity contribution >= 4 is 17.4 Å². The number of aryl methyl sites for hydroxylation is 2. The lowest BCUT2D eigenvalue weighted by Crippen LogP contribution is -2.06. The predicted octanol–water partition coefficient (Wildman–Crippen LogP) is 3.67. The molecule has 0 aliphatic rings. The Bertz CT molecular complexity index is 801. The van der Waals surface area contributed by atoms with E-state index in [-0.39, 0.29) is 5.82 Å². The normalized spacial score (nSPS) is 10.8. The topological polar surface area (TPSA) is 76.7 Å². The molecule has 0 spiro atoms. The van der Waals surface area contributed by atoms with Crippen LogP contribution in [0.15, 0.2) is 34.9 Å². The molecule has 124 valence electrons. The zero-order chi connectivity index (χ0) is 16.9. The number of hydrogen-bond acceptors (Lipinski definition) is 6. The molecule has 1 N–H and O–H groups in total. The van der Waals surface area contributed by atoms with E-state index in [9.17, 15) is 4.39 Å². The first-order valence-electron chi connectivity index (χ1n) is 7.44. The molecule has 0 amide bonds. The maximum absolute atomic E-state index is 12.9. The Hall–Kier alpha value is -2.54. The number of halogens is 2. The maximum atomic E-state index is 12.9. The largest absolute Gasteiger partial charge is 0.370 e. The Kier molecular flexibility index (Phi) is 5.00. The van der Waals surface area contributed by atoms with Crippen LogP contribution in [0.3, 0.4) is 0 Å². The zero-order valence-electron chi connectivity index (χ0n) is 13.0. The van der Waals surface area contributed by atoms with Gasteiger partial charge in [-0.25, -0.2) is 14.4 Å². The third kappa shape index (κ3) is 4.26. The molecule has 3 aromatic rings. The van der Waals surface area contributed by atoms with Crippen molar-refractivity contribution in [2.45, 2.75) is 19.8 Å². The van der Waals surface area contributed by atoms with E-state index in [0.717, 1.165) is 12.0 Å². The van der Waals surface area contributed by atoms with Crippen LogP contribution < -0.4 is 5.32 Å². The average Bonchev–Trinajstić information content (AvgIpc) is 3.00. The molecule has 0 unspecified atom stereocenters. The summed E-state index contributed by atoms with van der Waals surface area (Å²) in [6, 6.07) is 7.64. The van der Waals surface area contributed by atoms with Crippen LogP contribution in [0.5, 0.6) is 0 Å². The minimum absolute atomic E-state index is 0.298. The van der Waals surface area contributed by atoms with Crippen molar-refractivity contribution in [2.75, 3.05) is 11.9 Å². The Morgan fingerprint density at radius 1 is 1.17 bits per heavy atom. The summed E-state index contributed by atoms with van der Waals surface area (Å²) in [7, 11) is 0. The molecule has 0 aliphatic heterocycles. The van der Waals surface area contributed by atoms with E-state index in [1.54, 1.807) is 25.1 Å². The van der Waals surface area contributed by atoms with Gasteiger partial charge in [-0.2, -0.15) is 4.98 Å². The summed E-state index contributed by atoms with van der Waals surface area (Å²) < 4.78 is 18.1. The van der Waals surface area contributed by atoms with Crippen LogP contribution in [-0.2, 0) is 6.42 Å². The van der Waals surface area contributed by atoms with Crippen molar-refractivity contribution in [1.82, 2.24) is 20.1 Å². The fraction of sp³-hybridized carbons (Fsp3) is 0.250. The summed E-state index contributed by atoms with van der Waals surface area (Å²) >= 11 is 5.88. The quantitative estimate of drug-likeness (QED) is 0.541.